The molecular weight excluding hydrogens is 452 g/mol. The van der Waals surface area contributed by atoms with Crippen molar-refractivity contribution in [3.8, 4) is 0 Å². The molecule has 0 aliphatic heterocycles. The third kappa shape index (κ3) is 5.16. The first-order chi connectivity index (χ1) is 14.6. The Balaban J connectivity index is 1.74. The Morgan fingerprint density at radius 3 is 2.10 bits per heavy atom. The van der Waals surface area contributed by atoms with Gasteiger partial charge in [-0.1, -0.05) is 11.6 Å². The molecule has 3 rings (SSSR count). The fourth-order valence-corrected chi connectivity index (χ4v) is 3.87. The number of rotatable bonds is 6. The van der Waals surface area contributed by atoms with Gasteiger partial charge in [0, 0.05) is 16.9 Å². The number of halogens is 3. The Hall–Kier alpha value is -3.50. The van der Waals surface area contributed by atoms with Crippen molar-refractivity contribution in [2.24, 2.45) is 5.73 Å². The highest BCUT2D eigenvalue weighted by atomic mass is 35.5. The average molecular weight is 466 g/mol. The van der Waals surface area contributed by atoms with Crippen LogP contribution in [0.15, 0.2) is 65.6 Å². The molecule has 0 saturated heterocycles. The monoisotopic (exact) mass is 465 g/mol. The van der Waals surface area contributed by atoms with Crippen LogP contribution in [-0.4, -0.2) is 20.2 Å². The number of hydrogen-bond acceptors (Lipinski definition) is 4. The van der Waals surface area contributed by atoms with Crippen LogP contribution >= 0.6 is 11.6 Å². The summed E-state index contributed by atoms with van der Waals surface area (Å²) in [5, 5.41) is 2.15. The van der Waals surface area contributed by atoms with E-state index in [4.69, 9.17) is 17.3 Å². The number of primary amides is 1. The van der Waals surface area contributed by atoms with Crippen LogP contribution in [-0.2, 0) is 10.0 Å². The molecule has 0 spiro atoms. The Labute approximate surface area is 180 Å². The molecule has 0 atom stereocenters. The standard InChI is InChI=1S/C20H14ClF2N3O4S/c21-16-10-14(6-8-18(16)23)31(29,30)26-12-3-1-11(2-4-12)20(28)25-13-5-7-17(22)15(9-13)19(24)27/h1-10,26H,(H2,24,27)(H,25,28). The third-order valence-electron chi connectivity index (χ3n) is 4.09. The lowest BCUT2D eigenvalue weighted by Gasteiger charge is -2.10. The van der Waals surface area contributed by atoms with Gasteiger partial charge in [-0.2, -0.15) is 0 Å². The molecule has 3 aromatic rings. The van der Waals surface area contributed by atoms with Gasteiger partial charge >= 0.3 is 0 Å². The van der Waals surface area contributed by atoms with Crippen molar-refractivity contribution in [3.05, 3.63) is 88.4 Å². The van der Waals surface area contributed by atoms with Crippen molar-refractivity contribution in [1.29, 1.82) is 0 Å². The van der Waals surface area contributed by atoms with Gasteiger partial charge in [0.1, 0.15) is 11.6 Å². The largest absolute Gasteiger partial charge is 0.366 e. The maximum atomic E-state index is 13.5. The molecule has 0 aliphatic carbocycles. The molecule has 0 aromatic heterocycles. The average Bonchev–Trinajstić information content (AvgIpc) is 2.71. The van der Waals surface area contributed by atoms with Gasteiger partial charge in [-0.25, -0.2) is 17.2 Å². The molecule has 0 bridgehead atoms. The molecule has 11 heteroatoms. The number of anilines is 2. The van der Waals surface area contributed by atoms with E-state index in [2.05, 4.69) is 10.0 Å². The SMILES string of the molecule is NC(=O)c1cc(NC(=O)c2ccc(NS(=O)(=O)c3ccc(F)c(Cl)c3)cc2)ccc1F. The van der Waals surface area contributed by atoms with E-state index in [1.165, 1.54) is 30.3 Å². The molecule has 3 aromatic carbocycles. The van der Waals surface area contributed by atoms with Gasteiger partial charge < -0.3 is 11.1 Å². The molecule has 0 heterocycles. The predicted molar refractivity (Wildman–Crippen MR) is 112 cm³/mol. The van der Waals surface area contributed by atoms with E-state index >= 15 is 0 Å². The summed E-state index contributed by atoms with van der Waals surface area (Å²) in [5.74, 6) is -3.13. The van der Waals surface area contributed by atoms with Crippen LogP contribution < -0.4 is 15.8 Å². The van der Waals surface area contributed by atoms with Gasteiger partial charge in [-0.3, -0.25) is 14.3 Å². The molecular formula is C20H14ClF2N3O4S. The van der Waals surface area contributed by atoms with Crippen molar-refractivity contribution >= 4 is 44.8 Å². The highest BCUT2D eigenvalue weighted by Crippen LogP contribution is 2.22. The summed E-state index contributed by atoms with van der Waals surface area (Å²) < 4.78 is 53.9. The van der Waals surface area contributed by atoms with Gasteiger partial charge in [0.25, 0.3) is 21.8 Å². The molecule has 31 heavy (non-hydrogen) atoms. The number of sulfonamides is 1. The van der Waals surface area contributed by atoms with Crippen molar-refractivity contribution in [2.45, 2.75) is 4.90 Å². The minimum atomic E-state index is -4.03. The summed E-state index contributed by atoms with van der Waals surface area (Å²) in [6.45, 7) is 0. The van der Waals surface area contributed by atoms with Crippen LogP contribution in [0.25, 0.3) is 0 Å². The maximum absolute atomic E-state index is 13.5. The van der Waals surface area contributed by atoms with E-state index in [-0.39, 0.29) is 32.4 Å². The van der Waals surface area contributed by atoms with Crippen LogP contribution in [0.1, 0.15) is 20.7 Å². The van der Waals surface area contributed by atoms with Crippen LogP contribution in [0, 0.1) is 11.6 Å². The van der Waals surface area contributed by atoms with Crippen LogP contribution in [0.5, 0.6) is 0 Å². The Bertz CT molecular complexity index is 1280. The first-order valence-electron chi connectivity index (χ1n) is 8.55. The molecule has 7 nitrogen and oxygen atoms in total. The number of carbonyl (C=O) groups excluding carboxylic acids is 2. The molecule has 0 unspecified atom stereocenters. The van der Waals surface area contributed by atoms with E-state index in [0.29, 0.717) is 0 Å². The lowest BCUT2D eigenvalue weighted by molar-refractivity contribution is 0.0992. The van der Waals surface area contributed by atoms with Gasteiger partial charge in [0.05, 0.1) is 15.5 Å². The minimum Gasteiger partial charge on any atom is -0.366 e. The van der Waals surface area contributed by atoms with E-state index < -0.39 is 33.5 Å². The quantitative estimate of drug-likeness (QED) is 0.513. The van der Waals surface area contributed by atoms with Crippen molar-refractivity contribution in [1.82, 2.24) is 0 Å². The zero-order valence-corrected chi connectivity index (χ0v) is 17.1. The van der Waals surface area contributed by atoms with E-state index in [1.807, 2.05) is 0 Å². The smallest absolute Gasteiger partial charge is 0.261 e. The lowest BCUT2D eigenvalue weighted by atomic mass is 10.1. The first kappa shape index (κ1) is 22.2. The van der Waals surface area contributed by atoms with E-state index in [1.54, 1.807) is 0 Å². The molecule has 2 amide bonds. The predicted octanol–water partition coefficient (Wildman–Crippen LogP) is 3.77. The van der Waals surface area contributed by atoms with Gasteiger partial charge in [-0.05, 0) is 60.7 Å². The number of nitrogens with one attached hydrogen (secondary N) is 2. The Morgan fingerprint density at radius 1 is 0.871 bits per heavy atom. The molecule has 0 radical (unpaired) electrons. The van der Waals surface area contributed by atoms with Gasteiger partial charge in [-0.15, -0.1) is 0 Å². The molecule has 0 aliphatic rings. The van der Waals surface area contributed by atoms with E-state index in [9.17, 15) is 26.8 Å². The van der Waals surface area contributed by atoms with Gasteiger partial charge in [0.2, 0.25) is 0 Å². The van der Waals surface area contributed by atoms with Crippen LogP contribution in [0.3, 0.4) is 0 Å². The second kappa shape index (κ2) is 8.70. The minimum absolute atomic E-state index is 0.148. The fraction of sp³-hybridized carbons (Fsp3) is 0. The maximum Gasteiger partial charge on any atom is 0.261 e. The topological polar surface area (TPSA) is 118 Å². The summed E-state index contributed by atoms with van der Waals surface area (Å²) in [5.41, 5.74) is 5.17. The highest BCUT2D eigenvalue weighted by Gasteiger charge is 2.17. The summed E-state index contributed by atoms with van der Waals surface area (Å²) >= 11 is 5.62. The number of hydrogen-bond donors (Lipinski definition) is 3. The Kier molecular flexibility index (Phi) is 6.23. The van der Waals surface area contributed by atoms with Gasteiger partial charge in [0.15, 0.2) is 0 Å². The molecule has 0 saturated carbocycles. The number of benzene rings is 3. The number of amides is 2. The Morgan fingerprint density at radius 2 is 1.48 bits per heavy atom. The summed E-state index contributed by atoms with van der Waals surface area (Å²) in [4.78, 5) is 23.3. The lowest BCUT2D eigenvalue weighted by Crippen LogP contribution is -2.16. The van der Waals surface area contributed by atoms with Crippen molar-refractivity contribution in [2.75, 3.05) is 10.0 Å². The highest BCUT2D eigenvalue weighted by molar-refractivity contribution is 7.92. The van der Waals surface area contributed by atoms with Crippen molar-refractivity contribution in [3.63, 3.8) is 0 Å². The summed E-state index contributed by atoms with van der Waals surface area (Å²) in [7, 11) is -4.03. The zero-order chi connectivity index (χ0) is 22.8. The number of carbonyl (C=O) groups is 2. The molecule has 0 fully saturated rings. The normalized spacial score (nSPS) is 11.1. The molecule has 4 N–H and O–H groups in total. The third-order valence-corrected chi connectivity index (χ3v) is 5.76. The van der Waals surface area contributed by atoms with Crippen molar-refractivity contribution < 1.29 is 26.8 Å². The second-order valence-corrected chi connectivity index (χ2v) is 8.36. The van der Waals surface area contributed by atoms with Crippen LogP contribution in [0.4, 0.5) is 20.2 Å². The fourth-order valence-electron chi connectivity index (χ4n) is 2.54. The number of nitrogens with two attached hydrogens (primary N) is 1. The zero-order valence-electron chi connectivity index (χ0n) is 15.5. The van der Waals surface area contributed by atoms with E-state index in [0.717, 1.165) is 30.3 Å². The first-order valence-corrected chi connectivity index (χ1v) is 10.4. The van der Waals surface area contributed by atoms with Crippen LogP contribution in [0.2, 0.25) is 5.02 Å². The second-order valence-electron chi connectivity index (χ2n) is 6.27. The summed E-state index contributed by atoms with van der Waals surface area (Å²) in [6, 6.07) is 11.7. The summed E-state index contributed by atoms with van der Waals surface area (Å²) in [6.07, 6.45) is 0. The molecule has 160 valence electrons.